The number of likely N-dealkylation sites (N-methyl/N-ethyl adjacent to an activating group) is 1. The Morgan fingerprint density at radius 3 is 3.00 bits per heavy atom. The molecule has 1 saturated heterocycles. The molecular formula is C14H18ClFN2O. The third-order valence-electron chi connectivity index (χ3n) is 3.49. The van der Waals surface area contributed by atoms with E-state index in [1.807, 2.05) is 7.05 Å². The van der Waals surface area contributed by atoms with E-state index < -0.39 is 5.82 Å². The molecule has 2 rings (SSSR count). The summed E-state index contributed by atoms with van der Waals surface area (Å²) in [6.07, 6.45) is 3.04. The Balaban J connectivity index is 2.21. The van der Waals surface area contributed by atoms with Crippen LogP contribution < -0.4 is 5.32 Å². The molecule has 0 spiro atoms. The molecule has 1 amide bonds. The molecule has 0 radical (unpaired) electrons. The Morgan fingerprint density at radius 1 is 1.53 bits per heavy atom. The van der Waals surface area contributed by atoms with Crippen molar-refractivity contribution < 1.29 is 9.18 Å². The van der Waals surface area contributed by atoms with Gasteiger partial charge in [-0.15, -0.1) is 0 Å². The van der Waals surface area contributed by atoms with E-state index >= 15 is 0 Å². The van der Waals surface area contributed by atoms with E-state index in [0.717, 1.165) is 25.8 Å². The van der Waals surface area contributed by atoms with Gasteiger partial charge in [0, 0.05) is 24.2 Å². The van der Waals surface area contributed by atoms with Crippen LogP contribution in [0, 0.1) is 5.82 Å². The molecule has 1 aliphatic rings. The summed E-state index contributed by atoms with van der Waals surface area (Å²) in [7, 11) is 1.86. The molecule has 0 aromatic heterocycles. The van der Waals surface area contributed by atoms with E-state index in [9.17, 15) is 9.18 Å². The maximum atomic E-state index is 13.8. The van der Waals surface area contributed by atoms with Crippen LogP contribution in [-0.2, 0) is 0 Å². The fourth-order valence-corrected chi connectivity index (χ4v) is 2.69. The van der Waals surface area contributed by atoms with Crippen LogP contribution in [0.2, 0.25) is 5.02 Å². The van der Waals surface area contributed by atoms with Gasteiger partial charge in [-0.05, 0) is 44.5 Å². The van der Waals surface area contributed by atoms with E-state index in [1.54, 1.807) is 11.0 Å². The lowest BCUT2D eigenvalue weighted by Crippen LogP contribution is -2.48. The molecule has 104 valence electrons. The summed E-state index contributed by atoms with van der Waals surface area (Å²) in [6, 6.07) is 4.34. The maximum absolute atomic E-state index is 13.8. The highest BCUT2D eigenvalue weighted by Crippen LogP contribution is 2.22. The summed E-state index contributed by atoms with van der Waals surface area (Å²) in [4.78, 5) is 14.2. The lowest BCUT2D eigenvalue weighted by atomic mass is 10.0. The second kappa shape index (κ2) is 6.35. The molecule has 1 atom stereocenters. The summed E-state index contributed by atoms with van der Waals surface area (Å²) in [5, 5.41) is 3.39. The molecule has 5 heteroatoms. The highest BCUT2D eigenvalue weighted by molar-refractivity contribution is 6.30. The largest absolute Gasteiger partial charge is 0.334 e. The Labute approximate surface area is 117 Å². The van der Waals surface area contributed by atoms with Crippen molar-refractivity contribution >= 4 is 17.5 Å². The number of nitrogens with zero attached hydrogens (tertiary/aromatic N) is 1. The monoisotopic (exact) mass is 284 g/mol. The molecule has 1 unspecified atom stereocenters. The van der Waals surface area contributed by atoms with Crippen molar-refractivity contribution in [3.8, 4) is 0 Å². The van der Waals surface area contributed by atoms with Crippen LogP contribution >= 0.6 is 11.6 Å². The van der Waals surface area contributed by atoms with Crippen LogP contribution in [0.5, 0.6) is 0 Å². The zero-order valence-corrected chi connectivity index (χ0v) is 11.7. The minimum atomic E-state index is -0.550. The number of rotatable bonds is 3. The SMILES string of the molecule is CNCC1CCCCN1C(=O)c1ccc(Cl)cc1F. The van der Waals surface area contributed by atoms with Crippen molar-refractivity contribution in [1.82, 2.24) is 10.2 Å². The highest BCUT2D eigenvalue weighted by Gasteiger charge is 2.28. The van der Waals surface area contributed by atoms with Gasteiger partial charge in [0.1, 0.15) is 5.82 Å². The summed E-state index contributed by atoms with van der Waals surface area (Å²) in [5.41, 5.74) is 0.104. The maximum Gasteiger partial charge on any atom is 0.257 e. The summed E-state index contributed by atoms with van der Waals surface area (Å²) >= 11 is 5.71. The molecule has 0 aliphatic carbocycles. The minimum absolute atomic E-state index is 0.104. The van der Waals surface area contributed by atoms with Gasteiger partial charge >= 0.3 is 0 Å². The number of carbonyl (C=O) groups is 1. The molecule has 1 aromatic rings. The molecular weight excluding hydrogens is 267 g/mol. The smallest absolute Gasteiger partial charge is 0.257 e. The lowest BCUT2D eigenvalue weighted by Gasteiger charge is -2.35. The number of piperidine rings is 1. The summed E-state index contributed by atoms with van der Waals surface area (Å²) in [5.74, 6) is -0.791. The molecule has 1 fully saturated rings. The number of carbonyl (C=O) groups excluding carboxylic acids is 1. The lowest BCUT2D eigenvalue weighted by molar-refractivity contribution is 0.0610. The van der Waals surface area contributed by atoms with E-state index in [2.05, 4.69) is 5.32 Å². The second-order valence-electron chi connectivity index (χ2n) is 4.83. The van der Waals surface area contributed by atoms with Crippen LogP contribution in [0.1, 0.15) is 29.6 Å². The number of likely N-dealkylation sites (tertiary alicyclic amines) is 1. The molecule has 1 aliphatic heterocycles. The van der Waals surface area contributed by atoms with Crippen LogP contribution in [0.25, 0.3) is 0 Å². The first kappa shape index (κ1) is 14.3. The Hall–Kier alpha value is -1.13. The van der Waals surface area contributed by atoms with Crippen molar-refractivity contribution in [3.05, 3.63) is 34.6 Å². The van der Waals surface area contributed by atoms with Gasteiger partial charge in [-0.3, -0.25) is 4.79 Å². The fourth-order valence-electron chi connectivity index (χ4n) is 2.53. The first-order chi connectivity index (χ1) is 9.13. The molecule has 1 N–H and O–H groups in total. The standard InChI is InChI=1S/C14H18ClFN2O/c1-17-9-11-4-2-3-7-18(11)14(19)12-6-5-10(15)8-13(12)16/h5-6,8,11,17H,2-4,7,9H2,1H3. The number of hydrogen-bond acceptors (Lipinski definition) is 2. The first-order valence-electron chi connectivity index (χ1n) is 6.54. The summed E-state index contributed by atoms with van der Waals surface area (Å²) < 4.78 is 13.8. The minimum Gasteiger partial charge on any atom is -0.334 e. The van der Waals surface area contributed by atoms with Gasteiger partial charge in [-0.2, -0.15) is 0 Å². The third-order valence-corrected chi connectivity index (χ3v) is 3.72. The normalized spacial score (nSPS) is 19.5. The number of amides is 1. The van der Waals surface area contributed by atoms with Crippen molar-refractivity contribution in [1.29, 1.82) is 0 Å². The first-order valence-corrected chi connectivity index (χ1v) is 6.92. The number of nitrogens with one attached hydrogen (secondary N) is 1. The predicted molar refractivity (Wildman–Crippen MR) is 74.0 cm³/mol. The van der Waals surface area contributed by atoms with Gasteiger partial charge in [0.2, 0.25) is 0 Å². The molecule has 0 saturated carbocycles. The van der Waals surface area contributed by atoms with Crippen LogP contribution in [-0.4, -0.2) is 37.0 Å². The molecule has 1 aromatic carbocycles. The number of halogens is 2. The van der Waals surface area contributed by atoms with Gasteiger partial charge < -0.3 is 10.2 Å². The van der Waals surface area contributed by atoms with Crippen molar-refractivity contribution in [2.24, 2.45) is 0 Å². The molecule has 3 nitrogen and oxygen atoms in total. The Bertz CT molecular complexity index is 465. The predicted octanol–water partition coefficient (Wildman–Crippen LogP) is 2.69. The Morgan fingerprint density at radius 2 is 2.32 bits per heavy atom. The highest BCUT2D eigenvalue weighted by atomic mass is 35.5. The topological polar surface area (TPSA) is 32.3 Å². The van der Waals surface area contributed by atoms with E-state index in [1.165, 1.54) is 12.1 Å². The van der Waals surface area contributed by atoms with Gasteiger partial charge in [-0.1, -0.05) is 11.6 Å². The zero-order chi connectivity index (χ0) is 13.8. The molecule has 1 heterocycles. The third kappa shape index (κ3) is 3.25. The van der Waals surface area contributed by atoms with Crippen LogP contribution in [0.3, 0.4) is 0 Å². The van der Waals surface area contributed by atoms with E-state index in [-0.39, 0.29) is 17.5 Å². The number of hydrogen-bond donors (Lipinski definition) is 1. The average Bonchev–Trinajstić information content (AvgIpc) is 2.39. The van der Waals surface area contributed by atoms with Gasteiger partial charge in [-0.25, -0.2) is 4.39 Å². The van der Waals surface area contributed by atoms with Crippen molar-refractivity contribution in [2.75, 3.05) is 20.1 Å². The van der Waals surface area contributed by atoms with Gasteiger partial charge in [0.15, 0.2) is 0 Å². The number of benzene rings is 1. The van der Waals surface area contributed by atoms with Crippen molar-refractivity contribution in [3.63, 3.8) is 0 Å². The van der Waals surface area contributed by atoms with E-state index in [0.29, 0.717) is 11.6 Å². The fraction of sp³-hybridized carbons (Fsp3) is 0.500. The van der Waals surface area contributed by atoms with Gasteiger partial charge in [0.25, 0.3) is 5.91 Å². The molecule has 19 heavy (non-hydrogen) atoms. The average molecular weight is 285 g/mol. The molecule has 0 bridgehead atoms. The van der Waals surface area contributed by atoms with Crippen molar-refractivity contribution in [2.45, 2.75) is 25.3 Å². The summed E-state index contributed by atoms with van der Waals surface area (Å²) in [6.45, 7) is 1.42. The zero-order valence-electron chi connectivity index (χ0n) is 11.0. The van der Waals surface area contributed by atoms with Crippen LogP contribution in [0.4, 0.5) is 4.39 Å². The van der Waals surface area contributed by atoms with Gasteiger partial charge in [0.05, 0.1) is 5.56 Å². The Kier molecular flexibility index (Phi) is 4.77. The van der Waals surface area contributed by atoms with Crippen LogP contribution in [0.15, 0.2) is 18.2 Å². The van der Waals surface area contributed by atoms with E-state index in [4.69, 9.17) is 11.6 Å². The second-order valence-corrected chi connectivity index (χ2v) is 5.27. The quantitative estimate of drug-likeness (QED) is 0.926.